The average Bonchev–Trinajstić information content (AvgIpc) is 2.15. The zero-order valence-corrected chi connectivity index (χ0v) is 8.19. The van der Waals surface area contributed by atoms with Crippen LogP contribution in [0.5, 0.6) is 5.75 Å². The summed E-state index contributed by atoms with van der Waals surface area (Å²) in [5.74, 6) is -2.52. The molecule has 0 aromatic heterocycles. The molecule has 1 aromatic rings. The highest BCUT2D eigenvalue weighted by molar-refractivity contribution is 9.10. The summed E-state index contributed by atoms with van der Waals surface area (Å²) in [4.78, 5) is 10.4. The van der Waals surface area contributed by atoms with Crippen molar-refractivity contribution in [1.29, 1.82) is 0 Å². The van der Waals surface area contributed by atoms with E-state index in [0.29, 0.717) is 6.29 Å². The summed E-state index contributed by atoms with van der Waals surface area (Å²) in [7, 11) is 1.19. The molecule has 0 spiro atoms. The van der Waals surface area contributed by atoms with Crippen LogP contribution in [0.2, 0.25) is 0 Å². The van der Waals surface area contributed by atoms with Gasteiger partial charge in [-0.1, -0.05) is 0 Å². The topological polar surface area (TPSA) is 26.3 Å². The third kappa shape index (κ3) is 1.70. The molecule has 70 valence electrons. The first-order valence-corrected chi connectivity index (χ1v) is 4.07. The quantitative estimate of drug-likeness (QED) is 0.596. The number of halogens is 3. The number of benzene rings is 1. The van der Waals surface area contributed by atoms with Crippen LogP contribution < -0.4 is 4.74 Å². The van der Waals surface area contributed by atoms with Gasteiger partial charge in [0.05, 0.1) is 11.6 Å². The van der Waals surface area contributed by atoms with Crippen LogP contribution in [0.15, 0.2) is 10.5 Å². The van der Waals surface area contributed by atoms with Gasteiger partial charge < -0.3 is 4.74 Å². The molecule has 1 rings (SSSR count). The summed E-state index contributed by atoms with van der Waals surface area (Å²) in [6, 6.07) is 1.12. The fourth-order valence-corrected chi connectivity index (χ4v) is 1.22. The van der Waals surface area contributed by atoms with Crippen molar-refractivity contribution in [3.05, 3.63) is 27.7 Å². The van der Waals surface area contributed by atoms with Crippen molar-refractivity contribution < 1.29 is 18.3 Å². The third-order valence-electron chi connectivity index (χ3n) is 1.49. The molecule has 2 nitrogen and oxygen atoms in total. The van der Waals surface area contributed by atoms with Gasteiger partial charge in [-0.3, -0.25) is 4.79 Å². The van der Waals surface area contributed by atoms with Crippen molar-refractivity contribution in [2.45, 2.75) is 0 Å². The smallest absolute Gasteiger partial charge is 0.201 e. The molecular formula is C8H5BrF2O2. The van der Waals surface area contributed by atoms with Gasteiger partial charge in [-0.2, -0.15) is 4.39 Å². The Balaban J connectivity index is 3.45. The van der Waals surface area contributed by atoms with Gasteiger partial charge in [0.1, 0.15) is 0 Å². The van der Waals surface area contributed by atoms with Crippen molar-refractivity contribution in [2.24, 2.45) is 0 Å². The first-order chi connectivity index (χ1) is 6.11. The molecule has 0 aliphatic rings. The van der Waals surface area contributed by atoms with Crippen LogP contribution in [-0.4, -0.2) is 13.4 Å². The minimum Gasteiger partial charge on any atom is -0.494 e. The lowest BCUT2D eigenvalue weighted by molar-refractivity contribution is 0.112. The van der Waals surface area contributed by atoms with Crippen LogP contribution in [0.25, 0.3) is 0 Å². The van der Waals surface area contributed by atoms with Crippen molar-refractivity contribution in [1.82, 2.24) is 0 Å². The number of rotatable bonds is 2. The second-order valence-corrected chi connectivity index (χ2v) is 3.02. The molecule has 0 unspecified atom stereocenters. The van der Waals surface area contributed by atoms with Crippen molar-refractivity contribution in [2.75, 3.05) is 7.11 Å². The number of hydrogen-bond acceptors (Lipinski definition) is 2. The van der Waals surface area contributed by atoms with E-state index in [4.69, 9.17) is 0 Å². The molecule has 0 amide bonds. The Bertz CT molecular complexity index is 352. The monoisotopic (exact) mass is 250 g/mol. The van der Waals surface area contributed by atoms with E-state index >= 15 is 0 Å². The fourth-order valence-electron chi connectivity index (χ4n) is 0.833. The van der Waals surface area contributed by atoms with Crippen molar-refractivity contribution >= 4 is 22.2 Å². The SMILES string of the molecule is COc1cc(C=O)c(Br)c(F)c1F. The van der Waals surface area contributed by atoms with E-state index in [2.05, 4.69) is 20.7 Å². The lowest BCUT2D eigenvalue weighted by Crippen LogP contribution is -1.97. The molecule has 1 aromatic carbocycles. The Hall–Kier alpha value is -0.970. The molecule has 0 saturated carbocycles. The molecule has 5 heteroatoms. The summed E-state index contributed by atoms with van der Waals surface area (Å²) in [5.41, 5.74) is 0.00995. The summed E-state index contributed by atoms with van der Waals surface area (Å²) < 4.78 is 30.2. The summed E-state index contributed by atoms with van der Waals surface area (Å²) in [6.45, 7) is 0. The average molecular weight is 251 g/mol. The Kier molecular flexibility index (Phi) is 2.98. The number of hydrogen-bond donors (Lipinski definition) is 0. The Labute approximate surface area is 81.6 Å². The lowest BCUT2D eigenvalue weighted by atomic mass is 10.2. The van der Waals surface area contributed by atoms with Crippen LogP contribution in [0.1, 0.15) is 10.4 Å². The molecular weight excluding hydrogens is 246 g/mol. The summed E-state index contributed by atoms with van der Waals surface area (Å²) in [5, 5.41) is 0. The molecule has 0 saturated heterocycles. The van der Waals surface area contributed by atoms with Gasteiger partial charge >= 0.3 is 0 Å². The van der Waals surface area contributed by atoms with Gasteiger partial charge in [0.25, 0.3) is 0 Å². The standard InChI is InChI=1S/C8H5BrF2O2/c1-13-5-2-4(3-12)6(9)8(11)7(5)10/h2-3H,1H3. The molecule has 13 heavy (non-hydrogen) atoms. The first kappa shape index (κ1) is 10.1. The highest BCUT2D eigenvalue weighted by atomic mass is 79.9. The van der Waals surface area contributed by atoms with Gasteiger partial charge in [-0.05, 0) is 22.0 Å². The van der Waals surface area contributed by atoms with E-state index in [0.717, 1.165) is 6.07 Å². The predicted molar refractivity (Wildman–Crippen MR) is 46.0 cm³/mol. The van der Waals surface area contributed by atoms with Crippen LogP contribution in [0, 0.1) is 11.6 Å². The Morgan fingerprint density at radius 2 is 2.08 bits per heavy atom. The zero-order chi connectivity index (χ0) is 10.0. The number of methoxy groups -OCH3 is 1. The second kappa shape index (κ2) is 3.83. The van der Waals surface area contributed by atoms with E-state index in [1.807, 2.05) is 0 Å². The molecule has 0 bridgehead atoms. The van der Waals surface area contributed by atoms with Gasteiger partial charge in [-0.25, -0.2) is 4.39 Å². The maximum absolute atomic E-state index is 13.0. The van der Waals surface area contributed by atoms with Crippen LogP contribution >= 0.6 is 15.9 Å². The first-order valence-electron chi connectivity index (χ1n) is 3.28. The van der Waals surface area contributed by atoms with E-state index in [1.54, 1.807) is 0 Å². The summed E-state index contributed by atoms with van der Waals surface area (Å²) in [6.07, 6.45) is 0.412. The fraction of sp³-hybridized carbons (Fsp3) is 0.125. The van der Waals surface area contributed by atoms with Gasteiger partial charge in [0.2, 0.25) is 5.82 Å². The number of carbonyl (C=O) groups is 1. The molecule has 0 radical (unpaired) electrons. The van der Waals surface area contributed by atoms with Crippen molar-refractivity contribution in [3.63, 3.8) is 0 Å². The largest absolute Gasteiger partial charge is 0.494 e. The van der Waals surface area contributed by atoms with E-state index in [-0.39, 0.29) is 15.8 Å². The molecule has 0 N–H and O–H groups in total. The molecule has 0 atom stereocenters. The minimum atomic E-state index is -1.12. The Morgan fingerprint density at radius 1 is 1.46 bits per heavy atom. The zero-order valence-electron chi connectivity index (χ0n) is 6.61. The second-order valence-electron chi connectivity index (χ2n) is 2.23. The highest BCUT2D eigenvalue weighted by Crippen LogP contribution is 2.28. The van der Waals surface area contributed by atoms with Crippen LogP contribution in [0.4, 0.5) is 8.78 Å². The van der Waals surface area contributed by atoms with E-state index in [1.165, 1.54) is 7.11 Å². The van der Waals surface area contributed by atoms with Gasteiger partial charge in [0, 0.05) is 5.56 Å². The van der Waals surface area contributed by atoms with Crippen molar-refractivity contribution in [3.8, 4) is 5.75 Å². The lowest BCUT2D eigenvalue weighted by Gasteiger charge is -2.05. The minimum absolute atomic E-state index is 0.00995. The molecule has 0 fully saturated rings. The van der Waals surface area contributed by atoms with Crippen LogP contribution in [0.3, 0.4) is 0 Å². The molecule has 0 aliphatic carbocycles. The summed E-state index contributed by atoms with van der Waals surface area (Å²) >= 11 is 2.75. The normalized spacial score (nSPS) is 9.85. The number of ether oxygens (including phenoxy) is 1. The number of aldehydes is 1. The highest BCUT2D eigenvalue weighted by Gasteiger charge is 2.16. The van der Waals surface area contributed by atoms with E-state index < -0.39 is 11.6 Å². The maximum Gasteiger partial charge on any atom is 0.201 e. The third-order valence-corrected chi connectivity index (χ3v) is 2.29. The molecule has 0 aliphatic heterocycles. The van der Waals surface area contributed by atoms with E-state index in [9.17, 15) is 13.6 Å². The van der Waals surface area contributed by atoms with Gasteiger partial charge in [0.15, 0.2) is 17.9 Å². The predicted octanol–water partition coefficient (Wildman–Crippen LogP) is 2.55. The Morgan fingerprint density at radius 3 is 2.54 bits per heavy atom. The molecule has 0 heterocycles. The van der Waals surface area contributed by atoms with Crippen LogP contribution in [-0.2, 0) is 0 Å². The van der Waals surface area contributed by atoms with Gasteiger partial charge in [-0.15, -0.1) is 0 Å². The maximum atomic E-state index is 13.0. The number of carbonyl (C=O) groups excluding carboxylic acids is 1.